The molecule has 0 aliphatic carbocycles. The lowest BCUT2D eigenvalue weighted by Gasteiger charge is -2.25. The normalized spacial score (nSPS) is 15.3. The molecule has 0 saturated carbocycles. The largest absolute Gasteiger partial charge is 0.386 e. The van der Waals surface area contributed by atoms with E-state index in [1.54, 1.807) is 19.5 Å². The maximum atomic E-state index is 10.2. The Morgan fingerprint density at radius 1 is 1.40 bits per heavy atom. The van der Waals surface area contributed by atoms with Crippen LogP contribution in [-0.4, -0.2) is 23.3 Å². The fraction of sp³-hybridized carbons (Fsp3) is 0.583. The third kappa shape index (κ3) is 2.76. The minimum Gasteiger partial charge on any atom is -0.386 e. The van der Waals surface area contributed by atoms with Crippen molar-refractivity contribution in [2.75, 3.05) is 7.11 Å². The van der Waals surface area contributed by atoms with Crippen molar-refractivity contribution in [2.24, 2.45) is 5.92 Å². The second-order valence-corrected chi connectivity index (χ2v) is 4.12. The zero-order chi connectivity index (χ0) is 11.4. The third-order valence-electron chi connectivity index (χ3n) is 2.64. The van der Waals surface area contributed by atoms with E-state index in [0.717, 1.165) is 11.1 Å². The van der Waals surface area contributed by atoms with Gasteiger partial charge in [-0.3, -0.25) is 4.98 Å². The van der Waals surface area contributed by atoms with Gasteiger partial charge in [0.2, 0.25) is 0 Å². The molecule has 0 aliphatic heterocycles. The SMILES string of the molecule is COC(C(C)C)C(O)c1cnccc1C. The van der Waals surface area contributed by atoms with Crippen LogP contribution in [0.2, 0.25) is 0 Å². The van der Waals surface area contributed by atoms with Crippen LogP contribution in [0.3, 0.4) is 0 Å². The van der Waals surface area contributed by atoms with Gasteiger partial charge in [0, 0.05) is 25.1 Å². The summed E-state index contributed by atoms with van der Waals surface area (Å²) in [5, 5.41) is 10.2. The van der Waals surface area contributed by atoms with Gasteiger partial charge in [-0.1, -0.05) is 13.8 Å². The van der Waals surface area contributed by atoms with Crippen molar-refractivity contribution in [3.8, 4) is 0 Å². The van der Waals surface area contributed by atoms with Crippen LogP contribution in [0.1, 0.15) is 31.1 Å². The minimum absolute atomic E-state index is 0.187. The first-order valence-electron chi connectivity index (χ1n) is 5.19. The molecule has 15 heavy (non-hydrogen) atoms. The van der Waals surface area contributed by atoms with Gasteiger partial charge >= 0.3 is 0 Å². The third-order valence-corrected chi connectivity index (χ3v) is 2.64. The molecule has 1 heterocycles. The highest BCUT2D eigenvalue weighted by Gasteiger charge is 2.24. The molecule has 1 N–H and O–H groups in total. The van der Waals surface area contributed by atoms with Crippen molar-refractivity contribution in [2.45, 2.75) is 33.0 Å². The van der Waals surface area contributed by atoms with E-state index in [-0.39, 0.29) is 12.0 Å². The topological polar surface area (TPSA) is 42.4 Å². The van der Waals surface area contributed by atoms with E-state index >= 15 is 0 Å². The molecule has 0 fully saturated rings. The second-order valence-electron chi connectivity index (χ2n) is 4.12. The van der Waals surface area contributed by atoms with Gasteiger partial charge in [-0.05, 0) is 24.5 Å². The first-order valence-corrected chi connectivity index (χ1v) is 5.19. The number of aliphatic hydroxyl groups excluding tert-OH is 1. The summed E-state index contributed by atoms with van der Waals surface area (Å²) in [5.41, 5.74) is 1.89. The van der Waals surface area contributed by atoms with Crippen molar-refractivity contribution in [3.63, 3.8) is 0 Å². The molecule has 1 aromatic rings. The molecule has 84 valence electrons. The van der Waals surface area contributed by atoms with E-state index in [1.165, 1.54) is 0 Å². The Labute approximate surface area is 91.1 Å². The lowest BCUT2D eigenvalue weighted by atomic mass is 9.94. The van der Waals surface area contributed by atoms with Crippen molar-refractivity contribution in [3.05, 3.63) is 29.6 Å². The lowest BCUT2D eigenvalue weighted by Crippen LogP contribution is -2.27. The number of pyridine rings is 1. The van der Waals surface area contributed by atoms with Gasteiger partial charge in [0.25, 0.3) is 0 Å². The number of hydrogen-bond acceptors (Lipinski definition) is 3. The van der Waals surface area contributed by atoms with Gasteiger partial charge in [0.1, 0.15) is 6.10 Å². The molecule has 0 saturated heterocycles. The molecule has 0 aliphatic rings. The van der Waals surface area contributed by atoms with E-state index in [4.69, 9.17) is 4.74 Å². The summed E-state index contributed by atoms with van der Waals surface area (Å²) >= 11 is 0. The molecular formula is C12H19NO2. The maximum absolute atomic E-state index is 10.2. The standard InChI is InChI=1S/C12H19NO2/c1-8(2)12(15-4)11(14)10-7-13-6-5-9(10)3/h5-8,11-12,14H,1-4H3. The van der Waals surface area contributed by atoms with E-state index in [9.17, 15) is 5.11 Å². The van der Waals surface area contributed by atoms with E-state index in [1.807, 2.05) is 26.8 Å². The number of methoxy groups -OCH3 is 1. The molecule has 0 bridgehead atoms. The molecular weight excluding hydrogens is 190 g/mol. The molecule has 2 unspecified atom stereocenters. The quantitative estimate of drug-likeness (QED) is 0.825. The van der Waals surface area contributed by atoms with Crippen molar-refractivity contribution >= 4 is 0 Å². The lowest BCUT2D eigenvalue weighted by molar-refractivity contribution is -0.0394. The van der Waals surface area contributed by atoms with Gasteiger partial charge in [-0.15, -0.1) is 0 Å². The minimum atomic E-state index is -0.608. The summed E-state index contributed by atoms with van der Waals surface area (Å²) in [6, 6.07) is 1.89. The van der Waals surface area contributed by atoms with Crippen LogP contribution in [0.25, 0.3) is 0 Å². The summed E-state index contributed by atoms with van der Waals surface area (Å²) < 4.78 is 5.31. The molecule has 1 aromatic heterocycles. The Morgan fingerprint density at radius 2 is 2.07 bits per heavy atom. The summed E-state index contributed by atoms with van der Waals surface area (Å²) in [6.45, 7) is 6.03. The predicted octanol–water partition coefficient (Wildman–Crippen LogP) is 2.09. The van der Waals surface area contributed by atoms with Crippen molar-refractivity contribution < 1.29 is 9.84 Å². The van der Waals surface area contributed by atoms with Crippen LogP contribution in [-0.2, 0) is 4.74 Å². The second kappa shape index (κ2) is 5.24. The van der Waals surface area contributed by atoms with Crippen molar-refractivity contribution in [1.82, 2.24) is 4.98 Å². The number of ether oxygens (including phenoxy) is 1. The van der Waals surface area contributed by atoms with Gasteiger partial charge < -0.3 is 9.84 Å². The van der Waals surface area contributed by atoms with Crippen LogP contribution < -0.4 is 0 Å². The summed E-state index contributed by atoms with van der Waals surface area (Å²) in [7, 11) is 1.62. The van der Waals surface area contributed by atoms with E-state index in [0.29, 0.717) is 0 Å². The zero-order valence-electron chi connectivity index (χ0n) is 9.77. The van der Waals surface area contributed by atoms with Crippen molar-refractivity contribution in [1.29, 1.82) is 0 Å². The number of hydrogen-bond donors (Lipinski definition) is 1. The number of rotatable bonds is 4. The molecule has 0 spiro atoms. The van der Waals surface area contributed by atoms with E-state index < -0.39 is 6.10 Å². The first-order chi connectivity index (χ1) is 7.07. The molecule has 3 nitrogen and oxygen atoms in total. The molecule has 0 radical (unpaired) electrons. The highest BCUT2D eigenvalue weighted by atomic mass is 16.5. The maximum Gasteiger partial charge on any atom is 0.107 e. The number of aromatic nitrogens is 1. The fourth-order valence-electron chi connectivity index (χ4n) is 1.73. The highest BCUT2D eigenvalue weighted by Crippen LogP contribution is 2.25. The van der Waals surface area contributed by atoms with Crippen LogP contribution in [0.5, 0.6) is 0 Å². The Morgan fingerprint density at radius 3 is 2.53 bits per heavy atom. The predicted molar refractivity (Wildman–Crippen MR) is 59.6 cm³/mol. The monoisotopic (exact) mass is 209 g/mol. The highest BCUT2D eigenvalue weighted by molar-refractivity contribution is 5.24. The van der Waals surface area contributed by atoms with Gasteiger partial charge in [-0.2, -0.15) is 0 Å². The van der Waals surface area contributed by atoms with Crippen LogP contribution in [0.15, 0.2) is 18.5 Å². The van der Waals surface area contributed by atoms with E-state index in [2.05, 4.69) is 4.98 Å². The number of aryl methyl sites for hydroxylation is 1. The van der Waals surface area contributed by atoms with Gasteiger partial charge in [-0.25, -0.2) is 0 Å². The molecule has 3 heteroatoms. The number of aliphatic hydroxyl groups is 1. The van der Waals surface area contributed by atoms with Crippen LogP contribution >= 0.6 is 0 Å². The van der Waals surface area contributed by atoms with Gasteiger partial charge in [0.05, 0.1) is 6.10 Å². The average Bonchev–Trinajstić information content (AvgIpc) is 2.18. The fourth-order valence-corrected chi connectivity index (χ4v) is 1.73. The van der Waals surface area contributed by atoms with Crippen LogP contribution in [0.4, 0.5) is 0 Å². The van der Waals surface area contributed by atoms with Crippen LogP contribution in [0, 0.1) is 12.8 Å². The molecule has 1 rings (SSSR count). The average molecular weight is 209 g/mol. The molecule has 0 aromatic carbocycles. The Kier molecular flexibility index (Phi) is 4.24. The van der Waals surface area contributed by atoms with Gasteiger partial charge in [0.15, 0.2) is 0 Å². The zero-order valence-corrected chi connectivity index (χ0v) is 9.77. The Bertz CT molecular complexity index is 312. The first kappa shape index (κ1) is 12.1. The Balaban J connectivity index is 2.92. The molecule has 2 atom stereocenters. The molecule has 0 amide bonds. The smallest absolute Gasteiger partial charge is 0.107 e. The summed E-state index contributed by atoms with van der Waals surface area (Å²) in [5.74, 6) is 0.268. The summed E-state index contributed by atoms with van der Waals surface area (Å²) in [4.78, 5) is 4.03. The Hall–Kier alpha value is -0.930. The number of nitrogens with zero attached hydrogens (tertiary/aromatic N) is 1. The summed E-state index contributed by atoms with van der Waals surface area (Å²) in [6.07, 6.45) is 2.63.